The molecular formula is C21H18F5N5O2S. The maximum Gasteiger partial charge on any atom is 0.459 e. The van der Waals surface area contributed by atoms with Gasteiger partial charge >= 0.3 is 12.1 Å². The van der Waals surface area contributed by atoms with Crippen molar-refractivity contribution in [2.45, 2.75) is 44.8 Å². The Morgan fingerprint density at radius 2 is 2.00 bits per heavy atom. The lowest BCUT2D eigenvalue weighted by molar-refractivity contribution is -0.291. The Morgan fingerprint density at radius 1 is 1.32 bits per heavy atom. The molecule has 1 aliphatic carbocycles. The van der Waals surface area contributed by atoms with E-state index in [0.29, 0.717) is 11.4 Å². The molecule has 3 heterocycles. The topological polar surface area (TPSA) is 87.9 Å². The molecule has 13 heteroatoms. The van der Waals surface area contributed by atoms with E-state index in [4.69, 9.17) is 4.52 Å². The smallest absolute Gasteiger partial charge is 0.355 e. The minimum absolute atomic E-state index is 0.0142. The van der Waals surface area contributed by atoms with Gasteiger partial charge in [0.2, 0.25) is 0 Å². The summed E-state index contributed by atoms with van der Waals surface area (Å²) in [6.45, 7) is 3.44. The third-order valence-corrected chi connectivity index (χ3v) is 6.64. The third-order valence-electron chi connectivity index (χ3n) is 5.59. The van der Waals surface area contributed by atoms with Gasteiger partial charge in [0, 0.05) is 31.3 Å². The first-order chi connectivity index (χ1) is 15.9. The minimum atomic E-state index is -5.81. The lowest BCUT2D eigenvalue weighted by atomic mass is 10.1. The fourth-order valence-electron chi connectivity index (χ4n) is 3.79. The average molecular weight is 499 g/mol. The first-order valence-electron chi connectivity index (χ1n) is 10.2. The van der Waals surface area contributed by atoms with Gasteiger partial charge in [-0.3, -0.25) is 9.48 Å². The summed E-state index contributed by atoms with van der Waals surface area (Å²) in [5, 5.41) is 16.7. The first kappa shape index (κ1) is 23.9. The molecule has 0 aliphatic heterocycles. The van der Waals surface area contributed by atoms with Crippen LogP contribution in [-0.4, -0.2) is 44.5 Å². The number of carbonyl (C=O) groups is 1. The van der Waals surface area contributed by atoms with Crippen molar-refractivity contribution in [1.82, 2.24) is 19.8 Å². The van der Waals surface area contributed by atoms with E-state index in [9.17, 15) is 32.0 Å². The van der Waals surface area contributed by atoms with E-state index < -0.39 is 23.4 Å². The number of hydrogen-bond acceptors (Lipinski definition) is 6. The molecule has 1 saturated carbocycles. The molecule has 1 amide bonds. The number of nitriles is 1. The van der Waals surface area contributed by atoms with E-state index in [1.54, 1.807) is 4.90 Å². The summed E-state index contributed by atoms with van der Waals surface area (Å²) < 4.78 is 72.6. The molecular weight excluding hydrogens is 481 g/mol. The van der Waals surface area contributed by atoms with Crippen LogP contribution in [0.25, 0.3) is 22.0 Å². The van der Waals surface area contributed by atoms with Gasteiger partial charge in [-0.1, -0.05) is 5.16 Å². The summed E-state index contributed by atoms with van der Waals surface area (Å²) in [6, 6.07) is 5.00. The molecule has 0 bridgehead atoms. The van der Waals surface area contributed by atoms with Crippen LogP contribution in [0.15, 0.2) is 16.7 Å². The first-order valence-corrected chi connectivity index (χ1v) is 11.0. The quantitative estimate of drug-likeness (QED) is 0.432. The van der Waals surface area contributed by atoms with Crippen LogP contribution in [0.5, 0.6) is 0 Å². The Labute approximate surface area is 194 Å². The van der Waals surface area contributed by atoms with Crippen molar-refractivity contribution in [3.63, 3.8) is 0 Å². The van der Waals surface area contributed by atoms with Crippen molar-refractivity contribution in [3.8, 4) is 28.1 Å². The van der Waals surface area contributed by atoms with Gasteiger partial charge in [0.1, 0.15) is 22.3 Å². The predicted octanol–water partition coefficient (Wildman–Crippen LogP) is 5.26. The molecule has 1 fully saturated rings. The van der Waals surface area contributed by atoms with Crippen LogP contribution < -0.4 is 0 Å². The highest BCUT2D eigenvalue weighted by Gasteiger charge is 2.61. The van der Waals surface area contributed by atoms with E-state index in [1.165, 1.54) is 19.2 Å². The molecule has 0 saturated heterocycles. The number of amides is 1. The van der Waals surface area contributed by atoms with E-state index >= 15 is 0 Å². The number of hydrogen-bond donors (Lipinski definition) is 0. The molecule has 0 unspecified atom stereocenters. The standard InChI is InChI=1S/C21H18F5N5O2S/c1-4-31(11-5-6-11)19(32)12-7-15(34-16(12)9-27)14-8-13(29-33-14)17-10(2)18(28-30(17)3)20(22,23)21(24,25)26/h7-8,11H,4-6H2,1-3H3. The second kappa shape index (κ2) is 8.19. The fraction of sp³-hybridized carbons (Fsp3) is 0.429. The minimum Gasteiger partial charge on any atom is -0.355 e. The van der Waals surface area contributed by atoms with Crippen molar-refractivity contribution in [2.24, 2.45) is 7.05 Å². The van der Waals surface area contributed by atoms with Crippen LogP contribution in [0, 0.1) is 18.3 Å². The lowest BCUT2D eigenvalue weighted by Gasteiger charge is -2.19. The van der Waals surface area contributed by atoms with Crippen LogP contribution >= 0.6 is 11.3 Å². The fourth-order valence-corrected chi connectivity index (χ4v) is 4.68. The molecule has 3 aromatic heterocycles. The summed E-state index contributed by atoms with van der Waals surface area (Å²) >= 11 is 0.997. The van der Waals surface area contributed by atoms with Gasteiger partial charge in [-0.2, -0.15) is 32.3 Å². The van der Waals surface area contributed by atoms with E-state index in [-0.39, 0.29) is 39.5 Å². The van der Waals surface area contributed by atoms with Crippen molar-refractivity contribution >= 4 is 17.2 Å². The Morgan fingerprint density at radius 3 is 2.56 bits per heavy atom. The monoisotopic (exact) mass is 499 g/mol. The van der Waals surface area contributed by atoms with Gasteiger partial charge in [0.05, 0.1) is 16.1 Å². The number of rotatable bonds is 6. The number of aromatic nitrogens is 3. The number of aryl methyl sites for hydroxylation is 1. The molecule has 34 heavy (non-hydrogen) atoms. The zero-order chi connectivity index (χ0) is 25.0. The number of thiophene rings is 1. The van der Waals surface area contributed by atoms with Crippen LogP contribution in [0.2, 0.25) is 0 Å². The summed E-state index contributed by atoms with van der Waals surface area (Å²) in [4.78, 5) is 15.2. The largest absolute Gasteiger partial charge is 0.459 e. The number of alkyl halides is 5. The van der Waals surface area contributed by atoms with Crippen molar-refractivity contribution < 1.29 is 31.3 Å². The molecule has 4 rings (SSSR count). The maximum atomic E-state index is 13.9. The van der Waals surface area contributed by atoms with E-state index in [1.807, 2.05) is 13.0 Å². The molecule has 180 valence electrons. The number of halogens is 5. The Kier molecular flexibility index (Phi) is 5.75. The number of carbonyl (C=O) groups excluding carboxylic acids is 1. The van der Waals surface area contributed by atoms with E-state index in [2.05, 4.69) is 10.3 Å². The highest BCUT2D eigenvalue weighted by Crippen LogP contribution is 2.46. The maximum absolute atomic E-state index is 13.9. The van der Waals surface area contributed by atoms with Gasteiger partial charge in [0.15, 0.2) is 5.76 Å². The second-order valence-electron chi connectivity index (χ2n) is 7.88. The average Bonchev–Trinajstić information content (AvgIpc) is 3.19. The lowest BCUT2D eigenvalue weighted by Crippen LogP contribution is -2.34. The molecule has 0 spiro atoms. The molecule has 0 radical (unpaired) electrons. The van der Waals surface area contributed by atoms with Gasteiger partial charge in [0.25, 0.3) is 5.91 Å². The van der Waals surface area contributed by atoms with Crippen molar-refractivity contribution in [3.05, 3.63) is 33.8 Å². The predicted molar refractivity (Wildman–Crippen MR) is 111 cm³/mol. The molecule has 1 aliphatic rings. The normalized spacial score (nSPS) is 14.3. The zero-order valence-corrected chi connectivity index (χ0v) is 19.0. The van der Waals surface area contributed by atoms with Crippen molar-refractivity contribution in [1.29, 1.82) is 5.26 Å². The van der Waals surface area contributed by atoms with Gasteiger partial charge in [-0.15, -0.1) is 11.3 Å². The van der Waals surface area contributed by atoms with Crippen LogP contribution in [0.3, 0.4) is 0 Å². The van der Waals surface area contributed by atoms with Crippen molar-refractivity contribution in [2.75, 3.05) is 6.54 Å². The SMILES string of the molecule is CCN(C(=O)c1cc(-c2cc(-c3c(C)c(C(F)(F)C(F)(F)F)nn3C)no2)sc1C#N)C1CC1. The van der Waals surface area contributed by atoms with Gasteiger partial charge in [-0.05, 0) is 32.8 Å². The highest BCUT2D eigenvalue weighted by molar-refractivity contribution is 7.16. The summed E-state index contributed by atoms with van der Waals surface area (Å²) in [6.07, 6.45) is -3.99. The molecule has 0 atom stereocenters. The van der Waals surface area contributed by atoms with Crippen LogP contribution in [0.4, 0.5) is 22.0 Å². The summed E-state index contributed by atoms with van der Waals surface area (Å²) in [7, 11) is 1.22. The van der Waals surface area contributed by atoms with Crippen LogP contribution in [0.1, 0.15) is 46.3 Å². The molecule has 0 aromatic carbocycles. The Hall–Kier alpha value is -3.27. The Balaban J connectivity index is 1.70. The van der Waals surface area contributed by atoms with Crippen LogP contribution in [-0.2, 0) is 13.0 Å². The van der Waals surface area contributed by atoms with E-state index in [0.717, 1.165) is 35.8 Å². The Bertz CT molecular complexity index is 1300. The molecule has 0 N–H and O–H groups in total. The number of nitrogens with zero attached hydrogens (tertiary/aromatic N) is 5. The zero-order valence-electron chi connectivity index (χ0n) is 18.2. The summed E-state index contributed by atoms with van der Waals surface area (Å²) in [5.74, 6) is -5.28. The summed E-state index contributed by atoms with van der Waals surface area (Å²) in [5.41, 5.74) is -1.68. The highest BCUT2D eigenvalue weighted by atomic mass is 32.1. The van der Waals surface area contributed by atoms with Gasteiger partial charge in [-0.25, -0.2) is 0 Å². The molecule has 3 aromatic rings. The third kappa shape index (κ3) is 3.85. The second-order valence-corrected chi connectivity index (χ2v) is 8.93. The van der Waals surface area contributed by atoms with Gasteiger partial charge < -0.3 is 9.42 Å². The molecule has 7 nitrogen and oxygen atoms in total.